The summed E-state index contributed by atoms with van der Waals surface area (Å²) in [4.78, 5) is 28.7. The number of carbonyl (C=O) groups excluding carboxylic acids is 2. The van der Waals surface area contributed by atoms with Crippen molar-refractivity contribution >= 4 is 23.5 Å². The van der Waals surface area contributed by atoms with E-state index in [1.54, 1.807) is 12.1 Å². The number of benzene rings is 2. The van der Waals surface area contributed by atoms with Crippen LogP contribution in [0.5, 0.6) is 0 Å². The third-order valence-corrected chi connectivity index (χ3v) is 6.57. The van der Waals surface area contributed by atoms with E-state index in [0.717, 1.165) is 56.7 Å². The molecule has 184 valence electrons. The monoisotopic (exact) mass is 486 g/mol. The van der Waals surface area contributed by atoms with Crippen molar-refractivity contribution in [1.29, 1.82) is 0 Å². The van der Waals surface area contributed by atoms with E-state index in [0.29, 0.717) is 17.2 Å². The van der Waals surface area contributed by atoms with Gasteiger partial charge in [0.15, 0.2) is 0 Å². The van der Waals surface area contributed by atoms with E-state index < -0.39 is 0 Å². The summed E-state index contributed by atoms with van der Waals surface area (Å²) in [6.07, 6.45) is 1.82. The lowest BCUT2D eigenvalue weighted by Crippen LogP contribution is -2.50. The summed E-state index contributed by atoms with van der Waals surface area (Å²) in [7, 11) is 1.37. The highest BCUT2D eigenvalue weighted by molar-refractivity contribution is 6.30. The van der Waals surface area contributed by atoms with Crippen molar-refractivity contribution < 1.29 is 19.1 Å². The zero-order chi connectivity index (χ0) is 24.5. The molecule has 2 aromatic carbocycles. The first kappa shape index (κ1) is 26.2. The molecule has 1 amide bonds. The number of piperazine rings is 1. The van der Waals surface area contributed by atoms with Gasteiger partial charge < -0.3 is 14.4 Å². The van der Waals surface area contributed by atoms with Crippen molar-refractivity contribution in [3.05, 3.63) is 70.2 Å². The highest BCUT2D eigenvalue weighted by Gasteiger charge is 2.26. The number of hydrogen-bond acceptors (Lipinski definition) is 5. The Labute approximate surface area is 207 Å². The Bertz CT molecular complexity index is 925. The number of rotatable bonds is 10. The summed E-state index contributed by atoms with van der Waals surface area (Å²) in [5, 5.41) is 0.689. The first-order valence-electron chi connectivity index (χ1n) is 12.0. The topological polar surface area (TPSA) is 59.1 Å². The largest absolute Gasteiger partial charge is 0.465 e. The van der Waals surface area contributed by atoms with E-state index in [4.69, 9.17) is 21.1 Å². The maximum atomic E-state index is 12.7. The summed E-state index contributed by atoms with van der Waals surface area (Å²) >= 11 is 6.10. The molecule has 1 fully saturated rings. The van der Waals surface area contributed by atoms with Crippen LogP contribution in [0.15, 0.2) is 48.5 Å². The van der Waals surface area contributed by atoms with Gasteiger partial charge in [-0.05, 0) is 41.8 Å². The van der Waals surface area contributed by atoms with Gasteiger partial charge in [0.2, 0.25) is 5.91 Å². The van der Waals surface area contributed by atoms with Crippen molar-refractivity contribution in [1.82, 2.24) is 9.80 Å². The van der Waals surface area contributed by atoms with Crippen LogP contribution in [0, 0.1) is 5.92 Å². The molecular weight excluding hydrogens is 452 g/mol. The molecule has 3 rings (SSSR count). The molecule has 0 N–H and O–H groups in total. The van der Waals surface area contributed by atoms with E-state index in [1.807, 2.05) is 48.2 Å². The van der Waals surface area contributed by atoms with Gasteiger partial charge in [0.05, 0.1) is 25.4 Å². The third-order valence-electron chi connectivity index (χ3n) is 6.32. The lowest BCUT2D eigenvalue weighted by atomic mass is 10.0. The molecule has 7 heteroatoms. The van der Waals surface area contributed by atoms with Crippen LogP contribution in [-0.2, 0) is 20.9 Å². The van der Waals surface area contributed by atoms with Gasteiger partial charge in [-0.2, -0.15) is 0 Å². The molecule has 1 aliphatic rings. The van der Waals surface area contributed by atoms with Crippen molar-refractivity contribution in [2.24, 2.45) is 5.92 Å². The molecule has 1 aliphatic heterocycles. The predicted molar refractivity (Wildman–Crippen MR) is 134 cm³/mol. The molecule has 34 heavy (non-hydrogen) atoms. The number of ether oxygens (including phenoxy) is 2. The highest BCUT2D eigenvalue weighted by Crippen LogP contribution is 2.24. The Kier molecular flexibility index (Phi) is 9.93. The number of esters is 1. The quantitative estimate of drug-likeness (QED) is 0.444. The van der Waals surface area contributed by atoms with Crippen LogP contribution in [0.2, 0.25) is 5.02 Å². The molecule has 0 bridgehead atoms. The second-order valence-corrected chi connectivity index (χ2v) is 9.29. The summed E-state index contributed by atoms with van der Waals surface area (Å²) in [5.41, 5.74) is 2.55. The second-order valence-electron chi connectivity index (χ2n) is 8.86. The van der Waals surface area contributed by atoms with E-state index in [2.05, 4.69) is 11.8 Å². The molecule has 0 radical (unpaired) electrons. The SMILES string of the molecule is CCC[C@@H](C)C(=O)N1CCN(C[C@H](OCc2ccc(C(=O)OC)cc2)c2ccc(Cl)cc2)CC1. The Balaban J connectivity index is 1.61. The summed E-state index contributed by atoms with van der Waals surface area (Å²) in [6.45, 7) is 8.44. The first-order valence-corrected chi connectivity index (χ1v) is 12.3. The molecule has 0 spiro atoms. The van der Waals surface area contributed by atoms with Gasteiger partial charge >= 0.3 is 5.97 Å². The lowest BCUT2D eigenvalue weighted by molar-refractivity contribution is -0.137. The molecule has 1 saturated heterocycles. The number of nitrogens with zero attached hydrogens (tertiary/aromatic N) is 2. The molecule has 0 aliphatic carbocycles. The molecule has 0 aromatic heterocycles. The fourth-order valence-corrected chi connectivity index (χ4v) is 4.36. The maximum Gasteiger partial charge on any atom is 0.337 e. The molecule has 0 saturated carbocycles. The first-order chi connectivity index (χ1) is 16.4. The van der Waals surface area contributed by atoms with Crippen LogP contribution >= 0.6 is 11.6 Å². The van der Waals surface area contributed by atoms with E-state index >= 15 is 0 Å². The zero-order valence-corrected chi connectivity index (χ0v) is 21.1. The molecule has 0 unspecified atom stereocenters. The minimum atomic E-state index is -0.353. The van der Waals surface area contributed by atoms with Crippen LogP contribution in [0.4, 0.5) is 0 Å². The average Bonchev–Trinajstić information content (AvgIpc) is 2.87. The summed E-state index contributed by atoms with van der Waals surface area (Å²) in [6, 6.07) is 15.0. The van der Waals surface area contributed by atoms with Crippen molar-refractivity contribution in [2.45, 2.75) is 39.4 Å². The highest BCUT2D eigenvalue weighted by atomic mass is 35.5. The summed E-state index contributed by atoms with van der Waals surface area (Å²) < 4.78 is 11.1. The van der Waals surface area contributed by atoms with Crippen LogP contribution in [0.1, 0.15) is 54.3 Å². The number of methoxy groups -OCH3 is 1. The van der Waals surface area contributed by atoms with E-state index in [-0.39, 0.29) is 23.9 Å². The van der Waals surface area contributed by atoms with Gasteiger partial charge in [0.1, 0.15) is 0 Å². The fraction of sp³-hybridized carbons (Fsp3) is 0.481. The van der Waals surface area contributed by atoms with Gasteiger partial charge in [-0.25, -0.2) is 4.79 Å². The van der Waals surface area contributed by atoms with Gasteiger partial charge in [-0.3, -0.25) is 9.69 Å². The maximum absolute atomic E-state index is 12.7. The Morgan fingerprint density at radius 3 is 2.24 bits per heavy atom. The fourth-order valence-electron chi connectivity index (χ4n) is 4.24. The molecule has 2 aromatic rings. The van der Waals surface area contributed by atoms with Gasteiger partial charge in [0.25, 0.3) is 0 Å². The Morgan fingerprint density at radius 2 is 1.65 bits per heavy atom. The smallest absolute Gasteiger partial charge is 0.337 e. The second kappa shape index (κ2) is 12.9. The zero-order valence-electron chi connectivity index (χ0n) is 20.3. The number of hydrogen-bond donors (Lipinski definition) is 0. The van der Waals surface area contributed by atoms with Crippen molar-refractivity contribution in [3.8, 4) is 0 Å². The van der Waals surface area contributed by atoms with E-state index in [9.17, 15) is 9.59 Å². The lowest BCUT2D eigenvalue weighted by Gasteiger charge is -2.37. The van der Waals surface area contributed by atoms with Crippen LogP contribution in [0.3, 0.4) is 0 Å². The molecular formula is C27H35ClN2O4. The van der Waals surface area contributed by atoms with E-state index in [1.165, 1.54) is 7.11 Å². The van der Waals surface area contributed by atoms with Crippen LogP contribution in [0.25, 0.3) is 0 Å². The number of carbonyl (C=O) groups is 2. The summed E-state index contributed by atoms with van der Waals surface area (Å²) in [5.74, 6) is 0.00268. The van der Waals surface area contributed by atoms with Gasteiger partial charge in [-0.1, -0.05) is 56.1 Å². The van der Waals surface area contributed by atoms with Gasteiger partial charge in [-0.15, -0.1) is 0 Å². The van der Waals surface area contributed by atoms with Gasteiger partial charge in [0, 0.05) is 43.7 Å². The normalized spacial score (nSPS) is 16.2. The number of halogens is 1. The predicted octanol–water partition coefficient (Wildman–Crippen LogP) is 4.96. The van der Waals surface area contributed by atoms with Crippen molar-refractivity contribution in [3.63, 3.8) is 0 Å². The minimum absolute atomic E-state index is 0.0901. The standard InChI is InChI=1S/C27H35ClN2O4/c1-4-5-20(2)26(31)30-16-14-29(15-17-30)18-25(22-10-12-24(28)13-11-22)34-19-21-6-8-23(9-7-21)27(32)33-3/h6-13,20,25H,4-5,14-19H2,1-3H3/t20-,25+/m1/s1. The Hall–Kier alpha value is -2.41. The minimum Gasteiger partial charge on any atom is -0.465 e. The molecule has 1 heterocycles. The molecule has 2 atom stereocenters. The van der Waals surface area contributed by atoms with Crippen LogP contribution in [-0.4, -0.2) is 61.5 Å². The average molecular weight is 487 g/mol. The molecule has 6 nitrogen and oxygen atoms in total. The van der Waals surface area contributed by atoms with Crippen molar-refractivity contribution in [2.75, 3.05) is 39.8 Å². The van der Waals surface area contributed by atoms with Crippen LogP contribution < -0.4 is 0 Å². The third kappa shape index (κ3) is 7.29. The number of amides is 1. The Morgan fingerprint density at radius 1 is 1.00 bits per heavy atom.